The Kier molecular flexibility index (Phi) is 6.31. The van der Waals surface area contributed by atoms with E-state index in [9.17, 15) is 10.1 Å². The second-order valence-electron chi connectivity index (χ2n) is 6.29. The van der Waals surface area contributed by atoms with Gasteiger partial charge >= 0.3 is 0 Å². The van der Waals surface area contributed by atoms with Crippen molar-refractivity contribution < 1.29 is 4.92 Å². The first kappa shape index (κ1) is 19.7. The van der Waals surface area contributed by atoms with Gasteiger partial charge in [0.25, 0.3) is 11.6 Å². The summed E-state index contributed by atoms with van der Waals surface area (Å²) in [5, 5.41) is 16.9. The van der Waals surface area contributed by atoms with Gasteiger partial charge in [0.05, 0.1) is 4.92 Å². The quantitative estimate of drug-likeness (QED) is 0.243. The molecule has 0 fully saturated rings. The average Bonchev–Trinajstić information content (AvgIpc) is 2.68. The lowest BCUT2D eigenvalue weighted by Gasteiger charge is -2.08. The molecule has 0 aliphatic heterocycles. The van der Waals surface area contributed by atoms with E-state index in [4.69, 9.17) is 5.73 Å². The summed E-state index contributed by atoms with van der Waals surface area (Å²) in [6.07, 6.45) is 0.860. The molecule has 0 saturated heterocycles. The molecule has 0 aliphatic rings. The van der Waals surface area contributed by atoms with E-state index in [0.29, 0.717) is 18.1 Å². The lowest BCUT2D eigenvalue weighted by Crippen LogP contribution is -2.22. The molecule has 1 heterocycles. The molecule has 0 radical (unpaired) electrons. The fourth-order valence-electron chi connectivity index (χ4n) is 2.65. The van der Waals surface area contributed by atoms with Crippen molar-refractivity contribution in [3.63, 3.8) is 0 Å². The van der Waals surface area contributed by atoms with Crippen LogP contribution in [0, 0.1) is 17.0 Å². The third kappa shape index (κ3) is 5.99. The SMILES string of the molecule is Cc1cc(NCCc2ccccc2)nc(N=C(N)Nc2cccc([N+](=O)[O-])c2)n1. The van der Waals surface area contributed by atoms with Crippen molar-refractivity contribution in [2.45, 2.75) is 13.3 Å². The molecule has 9 nitrogen and oxygen atoms in total. The topological polar surface area (TPSA) is 131 Å². The van der Waals surface area contributed by atoms with Crippen LogP contribution in [0.15, 0.2) is 65.7 Å². The number of nitro benzene ring substituents is 1. The van der Waals surface area contributed by atoms with Gasteiger partial charge in [-0.3, -0.25) is 10.1 Å². The maximum absolute atomic E-state index is 10.9. The molecule has 148 valence electrons. The highest BCUT2D eigenvalue weighted by atomic mass is 16.6. The second kappa shape index (κ2) is 9.27. The molecule has 0 amide bonds. The number of rotatable bonds is 7. The molecule has 2 aromatic carbocycles. The van der Waals surface area contributed by atoms with Gasteiger partial charge in [0, 0.05) is 36.1 Å². The fraction of sp³-hybridized carbons (Fsp3) is 0.150. The van der Waals surface area contributed by atoms with Gasteiger partial charge in [-0.05, 0) is 25.0 Å². The summed E-state index contributed by atoms with van der Waals surface area (Å²) in [4.78, 5) is 23.2. The van der Waals surface area contributed by atoms with Crippen LogP contribution in [0.4, 0.5) is 23.1 Å². The number of nitrogens with one attached hydrogen (secondary N) is 2. The number of anilines is 2. The van der Waals surface area contributed by atoms with Crippen molar-refractivity contribution in [3.05, 3.63) is 82.0 Å². The molecular formula is C20H21N7O2. The Morgan fingerprint density at radius 1 is 1.14 bits per heavy atom. The van der Waals surface area contributed by atoms with E-state index in [1.165, 1.54) is 17.7 Å². The maximum Gasteiger partial charge on any atom is 0.271 e. The summed E-state index contributed by atoms with van der Waals surface area (Å²) >= 11 is 0. The maximum atomic E-state index is 10.9. The summed E-state index contributed by atoms with van der Waals surface area (Å²) in [5.41, 5.74) is 8.29. The van der Waals surface area contributed by atoms with Crippen LogP contribution in [-0.4, -0.2) is 27.4 Å². The Morgan fingerprint density at radius 2 is 1.93 bits per heavy atom. The number of benzene rings is 2. The molecule has 3 aromatic rings. The second-order valence-corrected chi connectivity index (χ2v) is 6.29. The molecule has 4 N–H and O–H groups in total. The van der Waals surface area contributed by atoms with Crippen molar-refractivity contribution >= 4 is 29.1 Å². The van der Waals surface area contributed by atoms with Gasteiger partial charge in [-0.1, -0.05) is 36.4 Å². The van der Waals surface area contributed by atoms with Crippen LogP contribution in [0.3, 0.4) is 0 Å². The number of non-ortho nitro benzene ring substituents is 1. The van der Waals surface area contributed by atoms with Gasteiger partial charge < -0.3 is 16.4 Å². The normalized spacial score (nSPS) is 11.1. The van der Waals surface area contributed by atoms with Gasteiger partial charge in [0.15, 0.2) is 0 Å². The lowest BCUT2D eigenvalue weighted by molar-refractivity contribution is -0.384. The third-order valence-corrected chi connectivity index (χ3v) is 3.95. The molecular weight excluding hydrogens is 370 g/mol. The minimum absolute atomic E-state index is 0.0336. The van der Waals surface area contributed by atoms with Crippen molar-refractivity contribution in [1.29, 1.82) is 0 Å². The number of nitrogens with zero attached hydrogens (tertiary/aromatic N) is 4. The molecule has 0 unspecified atom stereocenters. The molecule has 9 heteroatoms. The van der Waals surface area contributed by atoms with E-state index in [1.807, 2.05) is 31.2 Å². The van der Waals surface area contributed by atoms with Crippen molar-refractivity contribution in [2.75, 3.05) is 17.2 Å². The number of aryl methyl sites for hydroxylation is 1. The van der Waals surface area contributed by atoms with E-state index < -0.39 is 4.92 Å². The van der Waals surface area contributed by atoms with Gasteiger partial charge in [-0.2, -0.15) is 9.98 Å². The molecule has 0 atom stereocenters. The van der Waals surface area contributed by atoms with Crippen LogP contribution in [0.5, 0.6) is 0 Å². The van der Waals surface area contributed by atoms with Crippen LogP contribution in [-0.2, 0) is 6.42 Å². The molecule has 1 aromatic heterocycles. The summed E-state index contributed by atoms with van der Waals surface area (Å²) in [6, 6.07) is 18.0. The predicted octanol–water partition coefficient (Wildman–Crippen LogP) is 3.41. The van der Waals surface area contributed by atoms with Crippen molar-refractivity contribution in [2.24, 2.45) is 10.7 Å². The van der Waals surface area contributed by atoms with Crippen LogP contribution < -0.4 is 16.4 Å². The number of hydrogen-bond donors (Lipinski definition) is 3. The van der Waals surface area contributed by atoms with Gasteiger partial charge in [0.2, 0.25) is 5.96 Å². The number of aromatic nitrogens is 2. The highest BCUT2D eigenvalue weighted by molar-refractivity contribution is 5.93. The van der Waals surface area contributed by atoms with Crippen molar-refractivity contribution in [3.8, 4) is 0 Å². The summed E-state index contributed by atoms with van der Waals surface area (Å²) in [7, 11) is 0. The highest BCUT2D eigenvalue weighted by Gasteiger charge is 2.07. The Hall–Kier alpha value is -4.01. The van der Waals surface area contributed by atoms with E-state index in [1.54, 1.807) is 12.1 Å². The zero-order valence-corrected chi connectivity index (χ0v) is 15.9. The lowest BCUT2D eigenvalue weighted by atomic mass is 10.1. The third-order valence-electron chi connectivity index (χ3n) is 3.95. The van der Waals surface area contributed by atoms with Crippen molar-refractivity contribution in [1.82, 2.24) is 9.97 Å². The number of guanidine groups is 1. The Morgan fingerprint density at radius 3 is 2.69 bits per heavy atom. The standard InChI is InChI=1S/C20H21N7O2/c1-14-12-18(22-11-10-15-6-3-2-4-7-15)25-20(23-14)26-19(21)24-16-8-5-9-17(13-16)27(28)29/h2-9,12-13H,10-11H2,1H3,(H4,21,22,23,24,25,26). The first-order valence-electron chi connectivity index (χ1n) is 8.99. The first-order valence-corrected chi connectivity index (χ1v) is 8.99. The average molecular weight is 391 g/mol. The summed E-state index contributed by atoms with van der Waals surface area (Å²) in [6.45, 7) is 2.55. The van der Waals surface area contributed by atoms with E-state index in [2.05, 4.69) is 37.7 Å². The number of hydrogen-bond acceptors (Lipinski definition) is 6. The zero-order chi connectivity index (χ0) is 20.6. The summed E-state index contributed by atoms with van der Waals surface area (Å²) in [5.74, 6) is 0.879. The van der Waals surface area contributed by atoms with Gasteiger partial charge in [-0.25, -0.2) is 4.98 Å². The summed E-state index contributed by atoms with van der Waals surface area (Å²) < 4.78 is 0. The fourth-order valence-corrected chi connectivity index (χ4v) is 2.65. The Balaban J connectivity index is 1.66. The van der Waals surface area contributed by atoms with Gasteiger partial charge in [0.1, 0.15) is 5.82 Å². The highest BCUT2D eigenvalue weighted by Crippen LogP contribution is 2.17. The monoisotopic (exact) mass is 391 g/mol. The predicted molar refractivity (Wildman–Crippen MR) is 113 cm³/mol. The smallest absolute Gasteiger partial charge is 0.271 e. The largest absolute Gasteiger partial charge is 0.370 e. The zero-order valence-electron chi connectivity index (χ0n) is 15.9. The van der Waals surface area contributed by atoms with Crippen LogP contribution in [0.25, 0.3) is 0 Å². The van der Waals surface area contributed by atoms with E-state index in [-0.39, 0.29) is 17.6 Å². The van der Waals surface area contributed by atoms with Gasteiger partial charge in [-0.15, -0.1) is 0 Å². The molecule has 0 bridgehead atoms. The minimum Gasteiger partial charge on any atom is -0.370 e. The van der Waals surface area contributed by atoms with Crippen LogP contribution in [0.2, 0.25) is 0 Å². The first-order chi connectivity index (χ1) is 14.0. The molecule has 3 rings (SSSR count). The Labute approximate surface area is 167 Å². The molecule has 0 saturated carbocycles. The Bertz CT molecular complexity index is 1020. The van der Waals surface area contributed by atoms with E-state index >= 15 is 0 Å². The number of nitrogens with two attached hydrogens (primary N) is 1. The molecule has 0 aliphatic carbocycles. The van der Waals surface area contributed by atoms with E-state index in [0.717, 1.165) is 12.1 Å². The molecule has 29 heavy (non-hydrogen) atoms. The number of nitro groups is 1. The van der Waals surface area contributed by atoms with Crippen LogP contribution >= 0.6 is 0 Å². The number of aliphatic imine (C=N–C) groups is 1. The minimum atomic E-state index is -0.477. The molecule has 0 spiro atoms. The van der Waals surface area contributed by atoms with Crippen LogP contribution in [0.1, 0.15) is 11.3 Å².